The predicted molar refractivity (Wildman–Crippen MR) is 110 cm³/mol. The zero-order valence-electron chi connectivity index (χ0n) is 18.2. The van der Waals surface area contributed by atoms with E-state index in [1.165, 1.54) is 13.8 Å². The zero-order chi connectivity index (χ0) is 21.5. The van der Waals surface area contributed by atoms with Crippen LogP contribution in [0.4, 0.5) is 0 Å². The van der Waals surface area contributed by atoms with E-state index in [4.69, 9.17) is 9.47 Å². The maximum Gasteiger partial charge on any atom is 0.303 e. The lowest BCUT2D eigenvalue weighted by atomic mass is 9.63. The van der Waals surface area contributed by atoms with E-state index in [2.05, 4.69) is 20.4 Å². The molecule has 4 atom stereocenters. The number of esters is 2. The fraction of sp³-hybridized carbons (Fsp3) is 0.625. The molecule has 0 amide bonds. The minimum Gasteiger partial charge on any atom is -0.458 e. The Labute approximate surface area is 173 Å². The molecule has 0 heterocycles. The van der Waals surface area contributed by atoms with Crippen molar-refractivity contribution in [2.75, 3.05) is 0 Å². The monoisotopic (exact) mass is 400 g/mol. The number of Topliss-reactive ketones (excluding diaryl/α,β-unsaturated/α-hetero) is 1. The minimum atomic E-state index is -0.562. The molecule has 0 saturated heterocycles. The van der Waals surface area contributed by atoms with Gasteiger partial charge < -0.3 is 9.47 Å². The first-order valence-electron chi connectivity index (χ1n) is 10.5. The minimum absolute atomic E-state index is 0.0516. The van der Waals surface area contributed by atoms with Gasteiger partial charge in [-0.05, 0) is 55.6 Å². The van der Waals surface area contributed by atoms with Crippen LogP contribution >= 0.6 is 0 Å². The summed E-state index contributed by atoms with van der Waals surface area (Å²) in [7, 11) is 0. The van der Waals surface area contributed by atoms with E-state index in [-0.39, 0.29) is 23.1 Å². The SMILES string of the molecule is C=C1CC[C@@H]2CCC3=C(C(=O)[C@@H](/C(C)=C/[C@@H](OC(C)=O)C1)[C@H]3OC(C)=O)C2(C)C. The fourth-order valence-corrected chi connectivity index (χ4v) is 5.47. The summed E-state index contributed by atoms with van der Waals surface area (Å²) in [5.41, 5.74) is 3.38. The molecular formula is C24H32O5. The standard InChI is InChI=1S/C24H32O5/c1-13-7-8-17-9-10-19-21(24(17,5)6)22(27)20(23(19)29-16(4)26)14(2)12-18(11-13)28-15(3)25/h12,17-18,20,23H,1,7-11H2,2-6H3/b14-12+/t17-,18+,20-,23+/m1/s1. The molecule has 3 rings (SSSR count). The number of hydrogen-bond donors (Lipinski definition) is 0. The largest absolute Gasteiger partial charge is 0.458 e. The summed E-state index contributed by atoms with van der Waals surface area (Å²) in [4.78, 5) is 37.1. The van der Waals surface area contributed by atoms with Gasteiger partial charge in [-0.2, -0.15) is 0 Å². The Morgan fingerprint density at radius 3 is 2.34 bits per heavy atom. The molecule has 0 N–H and O–H groups in total. The molecule has 29 heavy (non-hydrogen) atoms. The smallest absolute Gasteiger partial charge is 0.303 e. The molecule has 0 unspecified atom stereocenters. The molecule has 0 aliphatic heterocycles. The topological polar surface area (TPSA) is 69.7 Å². The molecule has 0 radical (unpaired) electrons. The van der Waals surface area contributed by atoms with Gasteiger partial charge in [0.2, 0.25) is 0 Å². The molecule has 0 aromatic rings. The van der Waals surface area contributed by atoms with Crippen LogP contribution in [-0.2, 0) is 23.9 Å². The molecule has 158 valence electrons. The number of carbonyl (C=O) groups is 3. The fourth-order valence-electron chi connectivity index (χ4n) is 5.47. The van der Waals surface area contributed by atoms with Crippen LogP contribution in [0.25, 0.3) is 0 Å². The number of ether oxygens (including phenoxy) is 2. The van der Waals surface area contributed by atoms with Gasteiger partial charge in [0.05, 0.1) is 5.92 Å². The number of carbonyl (C=O) groups excluding carboxylic acids is 3. The molecular weight excluding hydrogens is 368 g/mol. The van der Waals surface area contributed by atoms with Gasteiger partial charge in [-0.25, -0.2) is 0 Å². The molecule has 0 aromatic carbocycles. The highest BCUT2D eigenvalue weighted by Crippen LogP contribution is 2.54. The Bertz CT molecular complexity index is 813. The van der Waals surface area contributed by atoms with Crippen LogP contribution in [0.1, 0.15) is 66.7 Å². The van der Waals surface area contributed by atoms with Crippen molar-refractivity contribution in [2.24, 2.45) is 17.3 Å². The van der Waals surface area contributed by atoms with Gasteiger partial charge in [-0.15, -0.1) is 0 Å². The van der Waals surface area contributed by atoms with Gasteiger partial charge in [0.25, 0.3) is 0 Å². The van der Waals surface area contributed by atoms with Crippen molar-refractivity contribution in [3.8, 4) is 0 Å². The Morgan fingerprint density at radius 2 is 1.72 bits per heavy atom. The first kappa shape index (κ1) is 21.5. The number of rotatable bonds is 2. The molecule has 3 bridgehead atoms. The van der Waals surface area contributed by atoms with Gasteiger partial charge in [0, 0.05) is 25.8 Å². The molecule has 0 aromatic heterocycles. The second kappa shape index (κ2) is 7.92. The first-order valence-corrected chi connectivity index (χ1v) is 10.5. The van der Waals surface area contributed by atoms with Crippen molar-refractivity contribution < 1.29 is 23.9 Å². The summed E-state index contributed by atoms with van der Waals surface area (Å²) in [6.07, 6.45) is 4.87. The molecule has 0 saturated carbocycles. The van der Waals surface area contributed by atoms with Crippen LogP contribution in [0, 0.1) is 17.3 Å². The Hall–Kier alpha value is -2.17. The third kappa shape index (κ3) is 4.10. The van der Waals surface area contributed by atoms with Crippen LogP contribution in [-0.4, -0.2) is 29.9 Å². The average molecular weight is 401 g/mol. The number of allylic oxidation sites excluding steroid dienone is 1. The van der Waals surface area contributed by atoms with Crippen molar-refractivity contribution in [1.29, 1.82) is 0 Å². The molecule has 3 aliphatic rings. The quantitative estimate of drug-likeness (QED) is 0.505. The summed E-state index contributed by atoms with van der Waals surface area (Å²) >= 11 is 0. The summed E-state index contributed by atoms with van der Waals surface area (Å²) in [5, 5.41) is 0. The van der Waals surface area contributed by atoms with E-state index in [0.717, 1.165) is 48.0 Å². The highest BCUT2D eigenvalue weighted by Gasteiger charge is 2.53. The van der Waals surface area contributed by atoms with Crippen molar-refractivity contribution in [3.05, 3.63) is 34.9 Å². The van der Waals surface area contributed by atoms with Gasteiger partial charge >= 0.3 is 11.9 Å². The highest BCUT2D eigenvalue weighted by molar-refractivity contribution is 6.05. The predicted octanol–water partition coefficient (Wildman–Crippen LogP) is 4.47. The van der Waals surface area contributed by atoms with E-state index in [0.29, 0.717) is 12.3 Å². The van der Waals surface area contributed by atoms with Crippen molar-refractivity contribution in [3.63, 3.8) is 0 Å². The lowest BCUT2D eigenvalue weighted by molar-refractivity contribution is -0.146. The van der Waals surface area contributed by atoms with Crippen LogP contribution in [0.2, 0.25) is 0 Å². The number of hydrogen-bond acceptors (Lipinski definition) is 5. The molecule has 3 aliphatic carbocycles. The second-order valence-corrected chi connectivity index (χ2v) is 9.28. The Balaban J connectivity index is 2.12. The first-order chi connectivity index (χ1) is 13.5. The maximum atomic E-state index is 13.6. The van der Waals surface area contributed by atoms with Gasteiger partial charge in [0.15, 0.2) is 5.78 Å². The van der Waals surface area contributed by atoms with Gasteiger partial charge in [-0.1, -0.05) is 31.6 Å². The van der Waals surface area contributed by atoms with Crippen LogP contribution in [0.3, 0.4) is 0 Å². The number of fused-ring (bicyclic) bond motifs is 2. The summed E-state index contributed by atoms with van der Waals surface area (Å²) < 4.78 is 11.2. The van der Waals surface area contributed by atoms with Crippen LogP contribution < -0.4 is 0 Å². The Kier molecular flexibility index (Phi) is 5.88. The maximum absolute atomic E-state index is 13.6. The molecule has 5 heteroatoms. The molecule has 5 nitrogen and oxygen atoms in total. The van der Waals surface area contributed by atoms with E-state index in [1.807, 2.05) is 13.0 Å². The highest BCUT2D eigenvalue weighted by atomic mass is 16.5. The lowest BCUT2D eigenvalue weighted by Gasteiger charge is -2.40. The summed E-state index contributed by atoms with van der Waals surface area (Å²) in [6, 6.07) is 0. The van der Waals surface area contributed by atoms with Crippen molar-refractivity contribution >= 4 is 17.7 Å². The molecule has 0 spiro atoms. The second-order valence-electron chi connectivity index (χ2n) is 9.28. The average Bonchev–Trinajstić information content (AvgIpc) is 2.85. The summed E-state index contributed by atoms with van der Waals surface area (Å²) in [5.74, 6) is -0.891. The lowest BCUT2D eigenvalue weighted by Crippen LogP contribution is -2.33. The van der Waals surface area contributed by atoms with Gasteiger partial charge in [-0.3, -0.25) is 14.4 Å². The van der Waals surface area contributed by atoms with E-state index in [9.17, 15) is 14.4 Å². The molecule has 0 fully saturated rings. The van der Waals surface area contributed by atoms with Crippen molar-refractivity contribution in [2.45, 2.75) is 78.9 Å². The number of ketones is 1. The van der Waals surface area contributed by atoms with E-state index >= 15 is 0 Å². The Morgan fingerprint density at radius 1 is 1.10 bits per heavy atom. The zero-order valence-corrected chi connectivity index (χ0v) is 18.2. The van der Waals surface area contributed by atoms with Crippen LogP contribution in [0.5, 0.6) is 0 Å². The van der Waals surface area contributed by atoms with E-state index < -0.39 is 18.1 Å². The third-order valence-electron chi connectivity index (χ3n) is 6.81. The van der Waals surface area contributed by atoms with Crippen LogP contribution in [0.15, 0.2) is 34.9 Å². The van der Waals surface area contributed by atoms with Crippen molar-refractivity contribution in [1.82, 2.24) is 0 Å². The normalized spacial score (nSPS) is 33.5. The third-order valence-corrected chi connectivity index (χ3v) is 6.81. The summed E-state index contributed by atoms with van der Waals surface area (Å²) in [6.45, 7) is 13.1. The van der Waals surface area contributed by atoms with Gasteiger partial charge in [0.1, 0.15) is 12.2 Å². The van der Waals surface area contributed by atoms with E-state index in [1.54, 1.807) is 0 Å².